The molecule has 11 heteroatoms. The summed E-state index contributed by atoms with van der Waals surface area (Å²) in [6.45, 7) is -0.349. The van der Waals surface area contributed by atoms with Gasteiger partial charge in [-0.3, -0.25) is 4.57 Å². The molecule has 4 N–H and O–H groups in total. The molecule has 1 fully saturated rings. The Hall–Kier alpha value is -3.02. The van der Waals surface area contributed by atoms with Crippen LogP contribution in [0, 0.1) is 0 Å². The van der Waals surface area contributed by atoms with Gasteiger partial charge in [-0.05, 0) is 23.8 Å². The quantitative estimate of drug-likeness (QED) is 0.591. The molecule has 0 bridgehead atoms. The smallest absolute Gasteiger partial charge is 0.394 e. The van der Waals surface area contributed by atoms with Crippen molar-refractivity contribution in [2.24, 2.45) is 0 Å². The monoisotopic (exact) mass is 421 g/mol. The van der Waals surface area contributed by atoms with Crippen LogP contribution in [0.4, 0.5) is 19.0 Å². The Morgan fingerprint density at radius 1 is 1.20 bits per heavy atom. The van der Waals surface area contributed by atoms with Gasteiger partial charge in [0.25, 0.3) is 0 Å². The van der Waals surface area contributed by atoms with E-state index in [1.165, 1.54) is 18.5 Å². The fourth-order valence-electron chi connectivity index (χ4n) is 3.34. The average molecular weight is 421 g/mol. The number of alkyl halides is 3. The molecule has 0 spiro atoms. The van der Waals surface area contributed by atoms with E-state index in [4.69, 9.17) is 10.5 Å². The molecule has 0 saturated carbocycles. The molecular formula is C19H18F3N5O3. The summed E-state index contributed by atoms with van der Waals surface area (Å²) in [7, 11) is 0. The van der Waals surface area contributed by atoms with Gasteiger partial charge in [0.05, 0.1) is 18.3 Å². The number of aliphatic hydroxyl groups is 2. The molecule has 0 radical (unpaired) electrons. The maximum atomic E-state index is 12.7. The lowest BCUT2D eigenvalue weighted by molar-refractivity contribution is -0.137. The summed E-state index contributed by atoms with van der Waals surface area (Å²) in [5.41, 5.74) is 6.39. The molecular weight excluding hydrogens is 403 g/mol. The summed E-state index contributed by atoms with van der Waals surface area (Å²) in [6, 6.07) is 4.68. The number of fused-ring (bicyclic) bond motifs is 1. The topological polar surface area (TPSA) is 119 Å². The maximum Gasteiger partial charge on any atom is 0.416 e. The van der Waals surface area contributed by atoms with Crippen LogP contribution in [-0.4, -0.2) is 48.5 Å². The number of nitrogens with zero attached hydrogens (tertiary/aromatic N) is 4. The molecule has 0 amide bonds. The number of hydrogen-bond donors (Lipinski definition) is 3. The lowest BCUT2D eigenvalue weighted by atomic mass is 10.1. The molecule has 1 aliphatic rings. The number of nitrogens with two attached hydrogens (primary N) is 1. The van der Waals surface area contributed by atoms with E-state index < -0.39 is 30.2 Å². The van der Waals surface area contributed by atoms with Crippen molar-refractivity contribution >= 4 is 29.1 Å². The standard InChI is InChI=1S/C19H18F3N5O3/c20-19(21,22)11-4-1-10(2-5-11)3-6-14-26-16-17(23)24-9-25-18(16)27(14)15-7-12(29)13(8-28)30-15/h1-6,9,12-13,15,28-29H,7-8H2,(H2,23,24,25)/b6-3+/t12-,13+,15+/m0/s1. The van der Waals surface area contributed by atoms with Gasteiger partial charge in [-0.1, -0.05) is 18.2 Å². The highest BCUT2D eigenvalue weighted by molar-refractivity contribution is 5.84. The molecule has 3 atom stereocenters. The Balaban J connectivity index is 1.72. The molecule has 0 aliphatic carbocycles. The van der Waals surface area contributed by atoms with Crippen LogP contribution in [0.5, 0.6) is 0 Å². The first kappa shape index (κ1) is 20.3. The Bertz CT molecular complexity index is 1080. The third kappa shape index (κ3) is 3.74. The normalized spacial score (nSPS) is 22.4. The highest BCUT2D eigenvalue weighted by Gasteiger charge is 2.36. The number of rotatable bonds is 4. The van der Waals surface area contributed by atoms with Crippen LogP contribution < -0.4 is 5.73 Å². The van der Waals surface area contributed by atoms with Gasteiger partial charge in [-0.15, -0.1) is 0 Å². The van der Waals surface area contributed by atoms with Gasteiger partial charge in [0, 0.05) is 6.42 Å². The van der Waals surface area contributed by atoms with Gasteiger partial charge < -0.3 is 20.7 Å². The minimum atomic E-state index is -4.41. The Morgan fingerprint density at radius 3 is 2.57 bits per heavy atom. The lowest BCUT2D eigenvalue weighted by Gasteiger charge is -2.15. The fraction of sp³-hybridized carbons (Fsp3) is 0.316. The van der Waals surface area contributed by atoms with E-state index in [1.807, 2.05) is 0 Å². The number of aromatic nitrogens is 4. The molecule has 2 aromatic heterocycles. The van der Waals surface area contributed by atoms with Crippen LogP contribution >= 0.6 is 0 Å². The van der Waals surface area contributed by atoms with Crippen LogP contribution in [0.1, 0.15) is 29.6 Å². The number of hydrogen-bond acceptors (Lipinski definition) is 7. The van der Waals surface area contributed by atoms with Crippen LogP contribution in [0.15, 0.2) is 30.6 Å². The van der Waals surface area contributed by atoms with E-state index in [9.17, 15) is 23.4 Å². The summed E-state index contributed by atoms with van der Waals surface area (Å²) in [5, 5.41) is 19.4. The zero-order valence-corrected chi connectivity index (χ0v) is 15.5. The fourth-order valence-corrected chi connectivity index (χ4v) is 3.34. The van der Waals surface area contributed by atoms with Crippen LogP contribution in [-0.2, 0) is 10.9 Å². The number of imidazole rings is 1. The van der Waals surface area contributed by atoms with E-state index >= 15 is 0 Å². The number of aliphatic hydroxyl groups excluding tert-OH is 2. The largest absolute Gasteiger partial charge is 0.416 e. The Labute approximate surface area is 168 Å². The first-order chi connectivity index (χ1) is 14.3. The lowest BCUT2D eigenvalue weighted by Crippen LogP contribution is -2.24. The minimum Gasteiger partial charge on any atom is -0.394 e. The van der Waals surface area contributed by atoms with Crippen LogP contribution in [0.2, 0.25) is 0 Å². The Kier molecular flexibility index (Phi) is 5.18. The average Bonchev–Trinajstić information content (AvgIpc) is 3.26. The van der Waals surface area contributed by atoms with Crippen LogP contribution in [0.3, 0.4) is 0 Å². The van der Waals surface area contributed by atoms with Crippen molar-refractivity contribution in [2.45, 2.75) is 31.0 Å². The third-order valence-corrected chi connectivity index (χ3v) is 4.87. The summed E-state index contributed by atoms with van der Waals surface area (Å²) >= 11 is 0. The second-order valence-electron chi connectivity index (χ2n) is 6.84. The van der Waals surface area contributed by atoms with E-state index in [0.717, 1.165) is 12.1 Å². The van der Waals surface area contributed by atoms with E-state index in [1.54, 1.807) is 16.7 Å². The molecule has 158 valence electrons. The van der Waals surface area contributed by atoms with Gasteiger partial charge in [0.2, 0.25) is 0 Å². The number of ether oxygens (including phenoxy) is 1. The molecule has 0 unspecified atom stereocenters. The predicted octanol–water partition coefficient (Wildman–Crippen LogP) is 2.24. The van der Waals surface area contributed by atoms with Crippen molar-refractivity contribution in [3.05, 3.63) is 47.5 Å². The van der Waals surface area contributed by atoms with Gasteiger partial charge in [-0.25, -0.2) is 15.0 Å². The number of benzene rings is 1. The first-order valence-electron chi connectivity index (χ1n) is 9.06. The SMILES string of the molecule is Nc1ncnc2c1nc(/C=C/c1ccc(C(F)(F)F)cc1)n2[C@H]1C[C@H](O)[C@@H](CO)O1. The van der Waals surface area contributed by atoms with E-state index in [0.29, 0.717) is 22.6 Å². The third-order valence-electron chi connectivity index (χ3n) is 4.87. The van der Waals surface area contributed by atoms with E-state index in [2.05, 4.69) is 15.0 Å². The second kappa shape index (κ2) is 7.67. The summed E-state index contributed by atoms with van der Waals surface area (Å²) < 4.78 is 45.6. The Morgan fingerprint density at radius 2 is 1.93 bits per heavy atom. The van der Waals surface area contributed by atoms with Crippen molar-refractivity contribution in [1.29, 1.82) is 0 Å². The van der Waals surface area contributed by atoms with Gasteiger partial charge in [-0.2, -0.15) is 13.2 Å². The molecule has 8 nitrogen and oxygen atoms in total. The van der Waals surface area contributed by atoms with Crippen molar-refractivity contribution in [3.63, 3.8) is 0 Å². The molecule has 30 heavy (non-hydrogen) atoms. The summed E-state index contributed by atoms with van der Waals surface area (Å²) in [4.78, 5) is 12.5. The highest BCUT2D eigenvalue weighted by Crippen LogP contribution is 2.34. The zero-order chi connectivity index (χ0) is 21.5. The predicted molar refractivity (Wildman–Crippen MR) is 102 cm³/mol. The molecule has 1 aromatic carbocycles. The molecule has 4 rings (SSSR count). The van der Waals surface area contributed by atoms with Gasteiger partial charge in [0.1, 0.15) is 24.5 Å². The first-order valence-corrected chi connectivity index (χ1v) is 9.06. The molecule has 3 aromatic rings. The van der Waals surface area contributed by atoms with Gasteiger partial charge >= 0.3 is 6.18 Å². The zero-order valence-electron chi connectivity index (χ0n) is 15.5. The number of halogens is 3. The molecule has 1 saturated heterocycles. The number of nitrogen functional groups attached to an aromatic ring is 1. The van der Waals surface area contributed by atoms with Crippen molar-refractivity contribution < 1.29 is 28.1 Å². The van der Waals surface area contributed by atoms with Crippen molar-refractivity contribution in [3.8, 4) is 0 Å². The van der Waals surface area contributed by atoms with Crippen molar-refractivity contribution in [1.82, 2.24) is 19.5 Å². The van der Waals surface area contributed by atoms with Crippen molar-refractivity contribution in [2.75, 3.05) is 12.3 Å². The highest BCUT2D eigenvalue weighted by atomic mass is 19.4. The summed E-state index contributed by atoms with van der Waals surface area (Å²) in [6.07, 6.45) is -2.04. The summed E-state index contributed by atoms with van der Waals surface area (Å²) in [5.74, 6) is 0.521. The number of anilines is 1. The second-order valence-corrected chi connectivity index (χ2v) is 6.84. The van der Waals surface area contributed by atoms with E-state index in [-0.39, 0.29) is 18.8 Å². The minimum absolute atomic E-state index is 0.153. The maximum absolute atomic E-state index is 12.7. The molecule has 3 heterocycles. The van der Waals surface area contributed by atoms with Gasteiger partial charge in [0.15, 0.2) is 17.0 Å². The van der Waals surface area contributed by atoms with Crippen LogP contribution in [0.25, 0.3) is 23.3 Å². The molecule has 1 aliphatic heterocycles.